The Bertz CT molecular complexity index is 925. The van der Waals surface area contributed by atoms with E-state index in [2.05, 4.69) is 60.0 Å². The molecule has 0 aromatic carbocycles. The first kappa shape index (κ1) is 20.7. The molecule has 4 fully saturated rings. The van der Waals surface area contributed by atoms with Crippen molar-refractivity contribution >= 4 is 5.78 Å². The lowest BCUT2D eigenvalue weighted by Gasteiger charge is -2.49. The predicted molar refractivity (Wildman–Crippen MR) is 124 cm³/mol. The van der Waals surface area contributed by atoms with E-state index in [1.807, 2.05) is 0 Å². The van der Waals surface area contributed by atoms with Crippen LogP contribution in [-0.2, 0) is 4.79 Å². The van der Waals surface area contributed by atoms with Gasteiger partial charge < -0.3 is 9.97 Å². The van der Waals surface area contributed by atoms with Crippen LogP contribution in [0.3, 0.4) is 0 Å². The van der Waals surface area contributed by atoms with Crippen molar-refractivity contribution in [2.75, 3.05) is 0 Å². The molecule has 32 heavy (non-hydrogen) atoms. The molecule has 5 heteroatoms. The van der Waals surface area contributed by atoms with Crippen molar-refractivity contribution in [2.24, 2.45) is 35.5 Å². The van der Waals surface area contributed by atoms with Crippen molar-refractivity contribution in [1.82, 2.24) is 19.9 Å². The average molecular weight is 435 g/mol. The Hall–Kier alpha value is -1.91. The van der Waals surface area contributed by atoms with Crippen LogP contribution in [0.15, 0.2) is 12.4 Å². The van der Waals surface area contributed by atoms with E-state index in [-0.39, 0.29) is 11.8 Å². The number of hydrogen-bond acceptors (Lipinski definition) is 3. The highest BCUT2D eigenvalue weighted by molar-refractivity contribution is 5.87. The van der Waals surface area contributed by atoms with Gasteiger partial charge in [0.1, 0.15) is 17.4 Å². The minimum atomic E-state index is 0.272. The Labute approximate surface area is 191 Å². The fraction of sp³-hybridized carbons (Fsp3) is 0.741. The van der Waals surface area contributed by atoms with Gasteiger partial charge in [-0.15, -0.1) is 0 Å². The standard InChI is InChI=1S/C27H38N4O/c1-13(2)26-28-11-21(30-26)17-7-15-5-6-16-8-18(22-12-29-27(31-22)14(3)4)10-20-24(16)23(15)19(9-17)25(20)32/h11-20,23-24H,5-10H2,1-4H3,(H,28,30)(H,29,31). The second-order valence-corrected chi connectivity index (χ2v) is 12.0. The largest absolute Gasteiger partial charge is 0.345 e. The van der Waals surface area contributed by atoms with Gasteiger partial charge in [-0.05, 0) is 62.2 Å². The van der Waals surface area contributed by atoms with Gasteiger partial charge in [0.25, 0.3) is 0 Å². The summed E-state index contributed by atoms with van der Waals surface area (Å²) in [6.45, 7) is 8.75. The Kier molecular flexibility index (Phi) is 4.89. The number of hydrogen-bond donors (Lipinski definition) is 2. The molecule has 0 radical (unpaired) electrons. The van der Waals surface area contributed by atoms with Crippen LogP contribution >= 0.6 is 0 Å². The van der Waals surface area contributed by atoms with Crippen LogP contribution in [0.4, 0.5) is 0 Å². The van der Waals surface area contributed by atoms with Crippen molar-refractivity contribution in [3.8, 4) is 0 Å². The van der Waals surface area contributed by atoms with Gasteiger partial charge in [0.05, 0.1) is 0 Å². The number of nitrogens with one attached hydrogen (secondary N) is 2. The number of aromatic nitrogens is 4. The fourth-order valence-corrected chi connectivity index (χ4v) is 8.14. The number of nitrogens with zero attached hydrogens (tertiary/aromatic N) is 2. The van der Waals surface area contributed by atoms with Crippen LogP contribution in [0.1, 0.15) is 113 Å². The molecule has 0 saturated heterocycles. The van der Waals surface area contributed by atoms with Gasteiger partial charge in [0.2, 0.25) is 0 Å². The number of rotatable bonds is 4. The third kappa shape index (κ3) is 3.13. The molecule has 4 aliphatic carbocycles. The Morgan fingerprint density at radius 2 is 1.19 bits per heavy atom. The fourth-order valence-electron chi connectivity index (χ4n) is 8.14. The third-order valence-corrected chi connectivity index (χ3v) is 9.56. The number of imidazole rings is 2. The second-order valence-electron chi connectivity index (χ2n) is 12.0. The molecule has 4 aliphatic rings. The summed E-state index contributed by atoms with van der Waals surface area (Å²) in [5.41, 5.74) is 2.54. The Morgan fingerprint density at radius 3 is 1.56 bits per heavy atom. The third-order valence-electron chi connectivity index (χ3n) is 9.56. The van der Waals surface area contributed by atoms with E-state index in [0.717, 1.165) is 36.3 Å². The highest BCUT2D eigenvalue weighted by atomic mass is 16.1. The van der Waals surface area contributed by atoms with Gasteiger partial charge >= 0.3 is 0 Å². The zero-order valence-corrected chi connectivity index (χ0v) is 20.0. The normalized spacial score (nSPS) is 38.5. The van der Waals surface area contributed by atoms with E-state index < -0.39 is 0 Å². The van der Waals surface area contributed by atoms with Gasteiger partial charge in [-0.25, -0.2) is 9.97 Å². The summed E-state index contributed by atoms with van der Waals surface area (Å²) in [6, 6.07) is 0. The topological polar surface area (TPSA) is 74.4 Å². The Balaban J connectivity index is 1.26. The molecule has 8 unspecified atom stereocenters. The summed E-state index contributed by atoms with van der Waals surface area (Å²) in [4.78, 5) is 30.3. The SMILES string of the molecule is CC(C)c1ncc(C2CC3CCC4CC(c5cnc(C(C)C)[nH]5)CC5C(=O)C(C2)C3C45)[nH]1. The van der Waals surface area contributed by atoms with Gasteiger partial charge in [-0.3, -0.25) is 4.79 Å². The summed E-state index contributed by atoms with van der Waals surface area (Å²) in [5, 5.41) is 0. The van der Waals surface area contributed by atoms with Crippen molar-refractivity contribution in [3.63, 3.8) is 0 Å². The van der Waals surface area contributed by atoms with E-state index in [1.165, 1.54) is 37.1 Å². The summed E-state index contributed by atoms with van der Waals surface area (Å²) in [5.74, 6) is 7.81. The molecular weight excluding hydrogens is 396 g/mol. The zero-order chi connectivity index (χ0) is 22.1. The van der Waals surface area contributed by atoms with Gasteiger partial charge in [0, 0.05) is 59.3 Å². The van der Waals surface area contributed by atoms with Gasteiger partial charge in [0.15, 0.2) is 0 Å². The van der Waals surface area contributed by atoms with Crippen molar-refractivity contribution in [1.29, 1.82) is 0 Å². The van der Waals surface area contributed by atoms with Crippen LogP contribution in [-0.4, -0.2) is 25.7 Å². The lowest BCUT2D eigenvalue weighted by atomic mass is 9.55. The number of H-pyrrole nitrogens is 2. The molecule has 0 bridgehead atoms. The number of carbonyl (C=O) groups excluding carboxylic acids is 1. The van der Waals surface area contributed by atoms with Crippen LogP contribution in [0.2, 0.25) is 0 Å². The predicted octanol–water partition coefficient (Wildman–Crippen LogP) is 5.91. The number of aromatic amines is 2. The molecule has 0 aliphatic heterocycles. The molecule has 4 saturated carbocycles. The summed E-state index contributed by atoms with van der Waals surface area (Å²) in [7, 11) is 0. The summed E-state index contributed by atoms with van der Waals surface area (Å²) < 4.78 is 0. The quantitative estimate of drug-likeness (QED) is 0.628. The van der Waals surface area contributed by atoms with Crippen molar-refractivity contribution in [3.05, 3.63) is 35.4 Å². The number of Topliss-reactive ketones (excluding diaryl/α,β-unsaturated/α-hetero) is 1. The maximum absolute atomic E-state index is 13.8. The maximum Gasteiger partial charge on any atom is 0.139 e. The van der Waals surface area contributed by atoms with Gasteiger partial charge in [-0.2, -0.15) is 0 Å². The molecule has 0 spiro atoms. The average Bonchev–Trinajstić information content (AvgIpc) is 3.51. The molecule has 2 aromatic rings. The number of carbonyl (C=O) groups is 1. The Morgan fingerprint density at radius 1 is 0.750 bits per heavy atom. The van der Waals surface area contributed by atoms with E-state index in [9.17, 15) is 4.79 Å². The minimum absolute atomic E-state index is 0.272. The van der Waals surface area contributed by atoms with Crippen molar-refractivity contribution < 1.29 is 4.79 Å². The zero-order valence-electron chi connectivity index (χ0n) is 20.0. The van der Waals surface area contributed by atoms with Gasteiger partial charge in [-0.1, -0.05) is 27.7 Å². The van der Waals surface area contributed by atoms with Crippen LogP contribution in [0.5, 0.6) is 0 Å². The first-order valence-corrected chi connectivity index (χ1v) is 13.0. The molecule has 2 heterocycles. The van der Waals surface area contributed by atoms with E-state index in [1.54, 1.807) is 0 Å². The van der Waals surface area contributed by atoms with Crippen LogP contribution in [0, 0.1) is 35.5 Å². The number of ketones is 1. The van der Waals surface area contributed by atoms with Crippen LogP contribution < -0.4 is 0 Å². The molecule has 0 amide bonds. The van der Waals surface area contributed by atoms with E-state index in [4.69, 9.17) is 0 Å². The first-order chi connectivity index (χ1) is 15.4. The first-order valence-electron chi connectivity index (χ1n) is 13.0. The molecule has 5 nitrogen and oxygen atoms in total. The minimum Gasteiger partial charge on any atom is -0.345 e. The lowest BCUT2D eigenvalue weighted by molar-refractivity contribution is -0.126. The maximum atomic E-state index is 13.8. The molecule has 6 rings (SSSR count). The molecular formula is C27H38N4O. The van der Waals surface area contributed by atoms with Crippen LogP contribution in [0.25, 0.3) is 0 Å². The molecule has 2 N–H and O–H groups in total. The monoisotopic (exact) mass is 434 g/mol. The highest BCUT2D eigenvalue weighted by Crippen LogP contribution is 2.64. The van der Waals surface area contributed by atoms with E-state index in [0.29, 0.717) is 41.3 Å². The summed E-state index contributed by atoms with van der Waals surface area (Å²) >= 11 is 0. The molecule has 8 atom stereocenters. The second kappa shape index (κ2) is 7.56. The summed E-state index contributed by atoms with van der Waals surface area (Å²) in [6.07, 6.45) is 11.3. The van der Waals surface area contributed by atoms with Crippen molar-refractivity contribution in [2.45, 2.75) is 89.9 Å². The molecule has 2 aromatic heterocycles. The molecule has 172 valence electrons. The smallest absolute Gasteiger partial charge is 0.139 e. The highest BCUT2D eigenvalue weighted by Gasteiger charge is 2.60. The lowest BCUT2D eigenvalue weighted by Crippen LogP contribution is -2.42. The van der Waals surface area contributed by atoms with E-state index >= 15 is 0 Å².